The summed E-state index contributed by atoms with van der Waals surface area (Å²) in [5.74, 6) is 0.298. The highest BCUT2D eigenvalue weighted by molar-refractivity contribution is 9.10. The Morgan fingerprint density at radius 3 is 2.70 bits per heavy atom. The lowest BCUT2D eigenvalue weighted by Gasteiger charge is -2.16. The van der Waals surface area contributed by atoms with E-state index in [0.29, 0.717) is 22.4 Å². The van der Waals surface area contributed by atoms with Crippen LogP contribution in [0, 0.1) is 6.92 Å². The Labute approximate surface area is 132 Å². The third-order valence-electron chi connectivity index (χ3n) is 3.20. The first kappa shape index (κ1) is 16.1. The topological polar surface area (TPSA) is 52.6 Å². The summed E-state index contributed by atoms with van der Waals surface area (Å²) in [4.78, 5) is -0.0166. The van der Waals surface area contributed by atoms with Gasteiger partial charge in [0, 0.05) is 15.2 Å². The largest absolute Gasteiger partial charge is 0.489 e. The molecule has 112 valence electrons. The summed E-state index contributed by atoms with van der Waals surface area (Å²) in [6.45, 7) is 4.12. The average Bonchev–Trinajstić information content (AvgIpc) is 2.72. The molecule has 2 atom stereocenters. The van der Waals surface area contributed by atoms with Gasteiger partial charge in [-0.1, -0.05) is 15.9 Å². The van der Waals surface area contributed by atoms with Crippen LogP contribution in [0.25, 0.3) is 0 Å². The van der Waals surface area contributed by atoms with Crippen molar-refractivity contribution in [3.8, 4) is 5.75 Å². The number of hydrogen-bond donors (Lipinski definition) is 0. The fourth-order valence-electron chi connectivity index (χ4n) is 2.25. The van der Waals surface area contributed by atoms with Crippen molar-refractivity contribution in [2.24, 2.45) is 0 Å². The van der Waals surface area contributed by atoms with Crippen molar-refractivity contribution in [1.82, 2.24) is 0 Å². The van der Waals surface area contributed by atoms with Gasteiger partial charge in [0.1, 0.15) is 17.3 Å². The first-order valence-corrected chi connectivity index (χ1v) is 9.40. The third-order valence-corrected chi connectivity index (χ3v) is 4.99. The quantitative estimate of drug-likeness (QED) is 0.745. The van der Waals surface area contributed by atoms with Crippen molar-refractivity contribution in [3.63, 3.8) is 0 Å². The van der Waals surface area contributed by atoms with Gasteiger partial charge < -0.3 is 9.47 Å². The van der Waals surface area contributed by atoms with Crippen molar-refractivity contribution in [3.05, 3.63) is 22.2 Å². The second-order valence-electron chi connectivity index (χ2n) is 4.94. The van der Waals surface area contributed by atoms with Gasteiger partial charge in [-0.05, 0) is 44.4 Å². The van der Waals surface area contributed by atoms with Crippen molar-refractivity contribution < 1.29 is 17.9 Å². The number of rotatable bonds is 4. The van der Waals surface area contributed by atoms with Crippen LogP contribution in [0.3, 0.4) is 0 Å². The predicted octanol–water partition coefficient (Wildman–Crippen LogP) is 3.63. The van der Waals surface area contributed by atoms with Crippen LogP contribution in [0.15, 0.2) is 21.5 Å². The standard InChI is InChI=1S/C13H16BrClO4S/c1-8-5-10(14)6-12(20(15,16)17)13(8)18-7-11-4-3-9(2)19-11/h5-6,9,11H,3-4,7H2,1-2H3. The minimum absolute atomic E-state index is 0.000994. The predicted molar refractivity (Wildman–Crippen MR) is 81.0 cm³/mol. The molecule has 1 aromatic rings. The summed E-state index contributed by atoms with van der Waals surface area (Å²) in [5, 5.41) is 0. The molecule has 0 saturated carbocycles. The van der Waals surface area contributed by atoms with Crippen LogP contribution in [0.4, 0.5) is 0 Å². The highest BCUT2D eigenvalue weighted by Gasteiger charge is 2.25. The van der Waals surface area contributed by atoms with Gasteiger partial charge >= 0.3 is 0 Å². The smallest absolute Gasteiger partial charge is 0.265 e. The van der Waals surface area contributed by atoms with Crippen LogP contribution < -0.4 is 4.74 Å². The molecule has 0 N–H and O–H groups in total. The minimum atomic E-state index is -3.86. The van der Waals surface area contributed by atoms with Gasteiger partial charge in [-0.25, -0.2) is 8.42 Å². The first-order valence-electron chi connectivity index (χ1n) is 6.30. The van der Waals surface area contributed by atoms with Crippen LogP contribution in [-0.2, 0) is 13.8 Å². The average molecular weight is 384 g/mol. The Bertz CT molecular complexity index is 603. The van der Waals surface area contributed by atoms with E-state index in [1.165, 1.54) is 6.07 Å². The van der Waals surface area contributed by atoms with Gasteiger partial charge in [0.25, 0.3) is 9.05 Å². The second-order valence-corrected chi connectivity index (χ2v) is 8.39. The highest BCUT2D eigenvalue weighted by Crippen LogP contribution is 2.34. The van der Waals surface area contributed by atoms with Gasteiger partial charge in [-0.2, -0.15) is 0 Å². The number of hydrogen-bond acceptors (Lipinski definition) is 4. The zero-order chi connectivity index (χ0) is 14.9. The maximum atomic E-state index is 11.6. The number of halogens is 2. The third kappa shape index (κ3) is 3.87. The molecule has 2 rings (SSSR count). The lowest BCUT2D eigenvalue weighted by atomic mass is 10.2. The van der Waals surface area contributed by atoms with Gasteiger partial charge in [-0.3, -0.25) is 0 Å². The SMILES string of the molecule is Cc1cc(Br)cc(S(=O)(=O)Cl)c1OCC1CCC(C)O1. The van der Waals surface area contributed by atoms with Crippen molar-refractivity contribution in [1.29, 1.82) is 0 Å². The van der Waals surface area contributed by atoms with E-state index in [4.69, 9.17) is 20.2 Å². The highest BCUT2D eigenvalue weighted by atomic mass is 79.9. The summed E-state index contributed by atoms with van der Waals surface area (Å²) in [7, 11) is 1.61. The monoisotopic (exact) mass is 382 g/mol. The number of aryl methyl sites for hydroxylation is 1. The van der Waals surface area contributed by atoms with Crippen LogP contribution in [0.5, 0.6) is 5.75 Å². The Balaban J connectivity index is 2.22. The molecule has 1 aliphatic rings. The zero-order valence-corrected chi connectivity index (χ0v) is 14.4. The van der Waals surface area contributed by atoms with E-state index in [1.807, 2.05) is 6.92 Å². The molecule has 0 aliphatic carbocycles. The van der Waals surface area contributed by atoms with Gasteiger partial charge in [0.15, 0.2) is 0 Å². The summed E-state index contributed by atoms with van der Waals surface area (Å²) in [5.41, 5.74) is 0.713. The molecule has 0 amide bonds. The van der Waals surface area contributed by atoms with Crippen molar-refractivity contribution in [2.75, 3.05) is 6.61 Å². The maximum Gasteiger partial charge on any atom is 0.265 e. The van der Waals surface area contributed by atoms with Crippen LogP contribution in [0.2, 0.25) is 0 Å². The van der Waals surface area contributed by atoms with E-state index in [9.17, 15) is 8.42 Å². The normalized spacial score (nSPS) is 23.0. The van der Waals surface area contributed by atoms with E-state index < -0.39 is 9.05 Å². The molecule has 0 spiro atoms. The molecule has 4 nitrogen and oxygen atoms in total. The lowest BCUT2D eigenvalue weighted by Crippen LogP contribution is -2.19. The van der Waals surface area contributed by atoms with Crippen LogP contribution in [-0.4, -0.2) is 27.2 Å². The zero-order valence-electron chi connectivity index (χ0n) is 11.2. The summed E-state index contributed by atoms with van der Waals surface area (Å²) in [6.07, 6.45) is 2.14. The molecule has 1 aromatic carbocycles. The Morgan fingerprint density at radius 1 is 1.45 bits per heavy atom. The Kier molecular flexibility index (Phi) is 5.00. The molecule has 7 heteroatoms. The molecular formula is C13H16BrClO4S. The van der Waals surface area contributed by atoms with Crippen LogP contribution in [0.1, 0.15) is 25.3 Å². The Hall–Kier alpha value is -0.300. The molecule has 1 heterocycles. The molecule has 20 heavy (non-hydrogen) atoms. The van der Waals surface area contributed by atoms with Crippen molar-refractivity contribution >= 4 is 35.7 Å². The summed E-state index contributed by atoms with van der Waals surface area (Å²) < 4.78 is 35.3. The number of benzene rings is 1. The van der Waals surface area contributed by atoms with Gasteiger partial charge in [0.2, 0.25) is 0 Å². The van der Waals surface area contributed by atoms with Crippen LogP contribution >= 0.6 is 26.6 Å². The van der Waals surface area contributed by atoms with Gasteiger partial charge in [-0.15, -0.1) is 0 Å². The molecular weight excluding hydrogens is 368 g/mol. The molecule has 2 unspecified atom stereocenters. The van der Waals surface area contributed by atoms with E-state index in [1.54, 1.807) is 13.0 Å². The molecule has 1 saturated heterocycles. The first-order chi connectivity index (χ1) is 9.27. The van der Waals surface area contributed by atoms with Crippen molar-refractivity contribution in [2.45, 2.75) is 43.8 Å². The van der Waals surface area contributed by atoms with E-state index in [2.05, 4.69) is 15.9 Å². The second kappa shape index (κ2) is 6.22. The van der Waals surface area contributed by atoms with E-state index >= 15 is 0 Å². The fourth-order valence-corrected chi connectivity index (χ4v) is 4.03. The maximum absolute atomic E-state index is 11.6. The Morgan fingerprint density at radius 2 is 2.15 bits per heavy atom. The van der Waals surface area contributed by atoms with E-state index in [-0.39, 0.29) is 17.1 Å². The van der Waals surface area contributed by atoms with E-state index in [0.717, 1.165) is 12.8 Å². The van der Waals surface area contributed by atoms with Gasteiger partial charge in [0.05, 0.1) is 12.2 Å². The number of ether oxygens (including phenoxy) is 2. The lowest BCUT2D eigenvalue weighted by molar-refractivity contribution is 0.0256. The summed E-state index contributed by atoms with van der Waals surface area (Å²) >= 11 is 3.26. The molecule has 1 aliphatic heterocycles. The molecule has 0 aromatic heterocycles. The fraction of sp³-hybridized carbons (Fsp3) is 0.538. The molecule has 0 bridgehead atoms. The summed E-state index contributed by atoms with van der Waals surface area (Å²) in [6, 6.07) is 3.24. The molecule has 0 radical (unpaired) electrons. The minimum Gasteiger partial charge on any atom is -0.489 e. The molecule has 1 fully saturated rings.